The summed E-state index contributed by atoms with van der Waals surface area (Å²) in [6, 6.07) is 7.96. The topological polar surface area (TPSA) is 49.7 Å². The van der Waals surface area contributed by atoms with E-state index in [4.69, 9.17) is 14.2 Å². The van der Waals surface area contributed by atoms with Crippen molar-refractivity contribution in [1.29, 1.82) is 0 Å². The summed E-state index contributed by atoms with van der Waals surface area (Å²) < 4.78 is 18.6. The average molecular weight is 359 g/mol. The lowest BCUT2D eigenvalue weighted by Crippen LogP contribution is -2.09. The number of aryl methyl sites for hydroxylation is 2. The van der Waals surface area contributed by atoms with E-state index in [2.05, 4.69) is 10.6 Å². The molecule has 26 heavy (non-hydrogen) atoms. The molecule has 2 aromatic rings. The SMILES string of the molecule is CCOC(=O)c1cc(C)n(CCc2ccc(OCC)c(OCC)c2)c1C. The van der Waals surface area contributed by atoms with Gasteiger partial charge in [-0.2, -0.15) is 0 Å². The van der Waals surface area contributed by atoms with Gasteiger partial charge in [-0.1, -0.05) is 6.07 Å². The first-order valence-electron chi connectivity index (χ1n) is 9.24. The van der Waals surface area contributed by atoms with Crippen LogP contribution >= 0.6 is 0 Å². The van der Waals surface area contributed by atoms with Gasteiger partial charge in [0.2, 0.25) is 0 Å². The fourth-order valence-electron chi connectivity index (χ4n) is 3.05. The summed E-state index contributed by atoms with van der Waals surface area (Å²) in [5, 5.41) is 0. The zero-order valence-electron chi connectivity index (χ0n) is 16.4. The first kappa shape index (κ1) is 19.9. The predicted molar refractivity (Wildman–Crippen MR) is 102 cm³/mol. The lowest BCUT2D eigenvalue weighted by Gasteiger charge is -2.14. The van der Waals surface area contributed by atoms with Gasteiger partial charge < -0.3 is 18.8 Å². The number of aromatic nitrogens is 1. The summed E-state index contributed by atoms with van der Waals surface area (Å²) in [7, 11) is 0. The van der Waals surface area contributed by atoms with Crippen LogP contribution in [-0.4, -0.2) is 30.4 Å². The number of hydrogen-bond acceptors (Lipinski definition) is 4. The quantitative estimate of drug-likeness (QED) is 0.626. The molecule has 142 valence electrons. The van der Waals surface area contributed by atoms with Crippen LogP contribution in [0.1, 0.15) is 48.1 Å². The molecule has 1 aromatic carbocycles. The monoisotopic (exact) mass is 359 g/mol. The fourth-order valence-corrected chi connectivity index (χ4v) is 3.05. The Bertz CT molecular complexity index is 749. The summed E-state index contributed by atoms with van der Waals surface area (Å²) in [6.07, 6.45) is 0.838. The van der Waals surface area contributed by atoms with Gasteiger partial charge in [-0.25, -0.2) is 4.79 Å². The van der Waals surface area contributed by atoms with Crippen LogP contribution in [0.4, 0.5) is 0 Å². The molecule has 0 spiro atoms. The molecule has 1 aromatic heterocycles. The van der Waals surface area contributed by atoms with E-state index in [9.17, 15) is 4.79 Å². The third kappa shape index (κ3) is 4.59. The predicted octanol–water partition coefficient (Wildman–Crippen LogP) is 4.32. The van der Waals surface area contributed by atoms with Crippen molar-refractivity contribution >= 4 is 5.97 Å². The number of benzene rings is 1. The summed E-state index contributed by atoms with van der Waals surface area (Å²) in [6.45, 7) is 12.1. The van der Waals surface area contributed by atoms with Crippen molar-refractivity contribution < 1.29 is 19.0 Å². The molecule has 0 unspecified atom stereocenters. The first-order chi connectivity index (χ1) is 12.5. The van der Waals surface area contributed by atoms with Gasteiger partial charge in [0, 0.05) is 17.9 Å². The van der Waals surface area contributed by atoms with Crippen LogP contribution in [0.25, 0.3) is 0 Å². The van der Waals surface area contributed by atoms with Gasteiger partial charge in [0.05, 0.1) is 25.4 Å². The molecule has 5 heteroatoms. The van der Waals surface area contributed by atoms with Gasteiger partial charge in [0.1, 0.15) is 0 Å². The van der Waals surface area contributed by atoms with Gasteiger partial charge in [-0.3, -0.25) is 0 Å². The maximum absolute atomic E-state index is 12.1. The third-order valence-electron chi connectivity index (χ3n) is 4.30. The highest BCUT2D eigenvalue weighted by Crippen LogP contribution is 2.29. The van der Waals surface area contributed by atoms with Crippen molar-refractivity contribution in [3.63, 3.8) is 0 Å². The van der Waals surface area contributed by atoms with Gasteiger partial charge in [0.15, 0.2) is 11.5 Å². The van der Waals surface area contributed by atoms with E-state index < -0.39 is 0 Å². The Balaban J connectivity index is 2.16. The highest BCUT2D eigenvalue weighted by molar-refractivity contribution is 5.91. The molecular weight excluding hydrogens is 330 g/mol. The van der Waals surface area contributed by atoms with Gasteiger partial charge >= 0.3 is 5.97 Å². The van der Waals surface area contributed by atoms with Crippen LogP contribution in [0.5, 0.6) is 11.5 Å². The maximum atomic E-state index is 12.1. The molecule has 2 rings (SSSR count). The lowest BCUT2D eigenvalue weighted by molar-refractivity contribution is 0.0525. The van der Waals surface area contributed by atoms with Crippen molar-refractivity contribution in [3.05, 3.63) is 46.8 Å². The van der Waals surface area contributed by atoms with Gasteiger partial charge in [-0.05, 0) is 64.8 Å². The molecule has 0 aliphatic carbocycles. The van der Waals surface area contributed by atoms with Crippen LogP contribution in [-0.2, 0) is 17.7 Å². The Hall–Kier alpha value is -2.43. The molecule has 0 amide bonds. The highest BCUT2D eigenvalue weighted by atomic mass is 16.5. The Morgan fingerprint density at radius 1 is 0.962 bits per heavy atom. The molecule has 0 radical (unpaired) electrons. The zero-order valence-corrected chi connectivity index (χ0v) is 16.4. The number of nitrogens with zero attached hydrogens (tertiary/aromatic N) is 1. The van der Waals surface area contributed by atoms with Crippen LogP contribution in [0.15, 0.2) is 24.3 Å². The van der Waals surface area contributed by atoms with Crippen molar-refractivity contribution in [2.45, 2.75) is 47.6 Å². The van der Waals surface area contributed by atoms with E-state index in [0.29, 0.717) is 25.4 Å². The summed E-state index contributed by atoms with van der Waals surface area (Å²) in [4.78, 5) is 12.1. The average Bonchev–Trinajstić information content (AvgIpc) is 2.90. The van der Waals surface area contributed by atoms with Crippen LogP contribution in [0.3, 0.4) is 0 Å². The largest absolute Gasteiger partial charge is 0.490 e. The van der Waals surface area contributed by atoms with Crippen LogP contribution in [0.2, 0.25) is 0 Å². The molecular formula is C21H29NO4. The molecule has 0 atom stereocenters. The number of esters is 1. The third-order valence-corrected chi connectivity index (χ3v) is 4.30. The molecule has 0 saturated heterocycles. The number of ether oxygens (including phenoxy) is 3. The summed E-state index contributed by atoms with van der Waals surface area (Å²) in [5.41, 5.74) is 3.81. The number of hydrogen-bond donors (Lipinski definition) is 0. The standard InChI is InChI=1S/C21H29NO4/c1-6-24-19-10-9-17(14-20(19)25-7-2)11-12-22-15(4)13-18(16(22)5)21(23)26-8-3/h9-10,13-14H,6-8,11-12H2,1-5H3. The smallest absolute Gasteiger partial charge is 0.339 e. The van der Waals surface area contributed by atoms with Crippen LogP contribution in [0, 0.1) is 13.8 Å². The van der Waals surface area contributed by atoms with E-state index in [1.54, 1.807) is 0 Å². The van der Waals surface area contributed by atoms with E-state index in [0.717, 1.165) is 35.9 Å². The van der Waals surface area contributed by atoms with E-state index >= 15 is 0 Å². The normalized spacial score (nSPS) is 10.7. The number of carbonyl (C=O) groups is 1. The van der Waals surface area contributed by atoms with Crippen molar-refractivity contribution in [1.82, 2.24) is 4.57 Å². The minimum Gasteiger partial charge on any atom is -0.490 e. The molecule has 1 heterocycles. The van der Waals surface area contributed by atoms with E-state index in [-0.39, 0.29) is 5.97 Å². The highest BCUT2D eigenvalue weighted by Gasteiger charge is 2.16. The second-order valence-electron chi connectivity index (χ2n) is 6.05. The Kier molecular flexibility index (Phi) is 7.13. The van der Waals surface area contributed by atoms with Gasteiger partial charge in [0.25, 0.3) is 0 Å². The molecule has 0 aliphatic rings. The summed E-state index contributed by atoms with van der Waals surface area (Å²) >= 11 is 0. The Morgan fingerprint density at radius 2 is 1.65 bits per heavy atom. The first-order valence-corrected chi connectivity index (χ1v) is 9.24. The maximum Gasteiger partial charge on any atom is 0.339 e. The molecule has 0 saturated carbocycles. The number of carbonyl (C=O) groups excluding carboxylic acids is 1. The van der Waals surface area contributed by atoms with Gasteiger partial charge in [-0.15, -0.1) is 0 Å². The van der Waals surface area contributed by atoms with E-state index in [1.807, 2.05) is 52.8 Å². The molecule has 0 fully saturated rings. The summed E-state index contributed by atoms with van der Waals surface area (Å²) in [5.74, 6) is 1.29. The van der Waals surface area contributed by atoms with E-state index in [1.165, 1.54) is 5.56 Å². The molecule has 0 N–H and O–H groups in total. The number of rotatable bonds is 9. The second-order valence-corrected chi connectivity index (χ2v) is 6.05. The lowest BCUT2D eigenvalue weighted by atomic mass is 10.1. The van der Waals surface area contributed by atoms with Crippen molar-refractivity contribution in [3.8, 4) is 11.5 Å². The molecule has 0 bridgehead atoms. The second kappa shape index (κ2) is 9.32. The van der Waals surface area contributed by atoms with Crippen LogP contribution < -0.4 is 9.47 Å². The minimum absolute atomic E-state index is 0.258. The van der Waals surface area contributed by atoms with Crippen molar-refractivity contribution in [2.75, 3.05) is 19.8 Å². The van der Waals surface area contributed by atoms with Crippen molar-refractivity contribution in [2.24, 2.45) is 0 Å². The molecule has 5 nitrogen and oxygen atoms in total. The Morgan fingerprint density at radius 3 is 2.31 bits per heavy atom. The molecule has 0 aliphatic heterocycles. The Labute approximate surface area is 155 Å². The zero-order chi connectivity index (χ0) is 19.1. The fraction of sp³-hybridized carbons (Fsp3) is 0.476. The minimum atomic E-state index is -0.258.